The van der Waals surface area contributed by atoms with E-state index in [4.69, 9.17) is 5.73 Å². The average Bonchev–Trinajstić information content (AvgIpc) is 2.70. The topological polar surface area (TPSA) is 76.2 Å². The van der Waals surface area contributed by atoms with E-state index in [9.17, 15) is 4.79 Å². The van der Waals surface area contributed by atoms with Gasteiger partial charge in [0.05, 0.1) is 5.69 Å². The van der Waals surface area contributed by atoms with Crippen molar-refractivity contribution in [2.75, 3.05) is 19.6 Å². The van der Waals surface area contributed by atoms with Crippen molar-refractivity contribution in [1.82, 2.24) is 20.0 Å². The quantitative estimate of drug-likeness (QED) is 0.815. The number of nitrogens with one attached hydrogen (secondary N) is 1. The standard InChI is InChI=1S/C14H25N5O/c1-14(2,3)12-10(8-18(4)17-12)9-19-6-5-16-7-11(19)13(15)20/h8,11,16H,5-7,9H2,1-4H3,(H2,15,20). The van der Waals surface area contributed by atoms with Crippen molar-refractivity contribution in [3.05, 3.63) is 17.5 Å². The van der Waals surface area contributed by atoms with Gasteiger partial charge in [0.1, 0.15) is 6.04 Å². The van der Waals surface area contributed by atoms with E-state index in [0.717, 1.165) is 25.3 Å². The smallest absolute Gasteiger partial charge is 0.236 e. The molecule has 1 atom stereocenters. The SMILES string of the molecule is Cn1cc(CN2CCNCC2C(N)=O)c(C(C)(C)C)n1. The summed E-state index contributed by atoms with van der Waals surface area (Å²) in [6, 6.07) is -0.239. The summed E-state index contributed by atoms with van der Waals surface area (Å²) in [5.74, 6) is -0.265. The first-order valence-corrected chi connectivity index (χ1v) is 7.06. The summed E-state index contributed by atoms with van der Waals surface area (Å²) in [6.07, 6.45) is 2.04. The van der Waals surface area contributed by atoms with Crippen molar-refractivity contribution in [1.29, 1.82) is 0 Å². The molecule has 1 amide bonds. The molecular weight excluding hydrogens is 254 g/mol. The lowest BCUT2D eigenvalue weighted by Gasteiger charge is -2.34. The molecule has 0 radical (unpaired) electrons. The Kier molecular flexibility index (Phi) is 4.15. The molecule has 1 aliphatic rings. The molecule has 6 nitrogen and oxygen atoms in total. The molecular formula is C14H25N5O. The summed E-state index contributed by atoms with van der Waals surface area (Å²) in [4.78, 5) is 13.7. The highest BCUT2D eigenvalue weighted by atomic mass is 16.1. The first kappa shape index (κ1) is 15.0. The maximum atomic E-state index is 11.6. The van der Waals surface area contributed by atoms with Gasteiger partial charge in [-0.25, -0.2) is 0 Å². The van der Waals surface area contributed by atoms with E-state index in [1.807, 2.05) is 17.9 Å². The number of rotatable bonds is 3. The van der Waals surface area contributed by atoms with Gasteiger partial charge in [0.25, 0.3) is 0 Å². The normalized spacial score (nSPS) is 21.1. The monoisotopic (exact) mass is 279 g/mol. The van der Waals surface area contributed by atoms with Crippen LogP contribution in [0.4, 0.5) is 0 Å². The predicted octanol–water partition coefficient (Wildman–Crippen LogP) is -0.0233. The van der Waals surface area contributed by atoms with Crippen LogP contribution < -0.4 is 11.1 Å². The van der Waals surface area contributed by atoms with Gasteiger partial charge < -0.3 is 11.1 Å². The number of primary amides is 1. The van der Waals surface area contributed by atoms with Gasteiger partial charge in [0.15, 0.2) is 0 Å². The summed E-state index contributed by atoms with van der Waals surface area (Å²) < 4.78 is 1.84. The molecule has 6 heteroatoms. The van der Waals surface area contributed by atoms with Gasteiger partial charge in [-0.15, -0.1) is 0 Å². The Labute approximate surface area is 120 Å². The van der Waals surface area contributed by atoms with Crippen molar-refractivity contribution in [2.45, 2.75) is 38.8 Å². The minimum absolute atomic E-state index is 0.00709. The second-order valence-electron chi connectivity index (χ2n) is 6.52. The van der Waals surface area contributed by atoms with Gasteiger partial charge in [-0.2, -0.15) is 5.10 Å². The number of amides is 1. The highest BCUT2D eigenvalue weighted by molar-refractivity contribution is 5.80. The molecule has 1 aliphatic heterocycles. The lowest BCUT2D eigenvalue weighted by Crippen LogP contribution is -2.56. The van der Waals surface area contributed by atoms with Crippen LogP contribution in [0, 0.1) is 0 Å². The third-order valence-corrected chi connectivity index (χ3v) is 3.67. The van der Waals surface area contributed by atoms with E-state index in [2.05, 4.69) is 36.1 Å². The summed E-state index contributed by atoms with van der Waals surface area (Å²) in [7, 11) is 1.93. The highest BCUT2D eigenvalue weighted by Gasteiger charge is 2.29. The molecule has 0 spiro atoms. The number of hydrogen-bond donors (Lipinski definition) is 2. The summed E-state index contributed by atoms with van der Waals surface area (Å²) in [5, 5.41) is 7.79. The molecule has 0 saturated carbocycles. The Morgan fingerprint density at radius 3 is 2.85 bits per heavy atom. The number of piperazine rings is 1. The minimum Gasteiger partial charge on any atom is -0.368 e. The lowest BCUT2D eigenvalue weighted by molar-refractivity contribution is -0.124. The molecule has 1 aromatic rings. The minimum atomic E-state index is -0.265. The van der Waals surface area contributed by atoms with Crippen LogP contribution in [0.15, 0.2) is 6.20 Å². The number of aromatic nitrogens is 2. The van der Waals surface area contributed by atoms with Crippen molar-refractivity contribution in [3.63, 3.8) is 0 Å². The molecule has 0 aromatic carbocycles. The Bertz CT molecular complexity index is 488. The first-order valence-electron chi connectivity index (χ1n) is 7.06. The fourth-order valence-corrected chi connectivity index (χ4v) is 2.72. The third kappa shape index (κ3) is 3.19. The predicted molar refractivity (Wildman–Crippen MR) is 78.2 cm³/mol. The van der Waals surface area contributed by atoms with E-state index >= 15 is 0 Å². The summed E-state index contributed by atoms with van der Waals surface area (Å²) in [5.41, 5.74) is 7.75. The zero-order valence-corrected chi connectivity index (χ0v) is 12.8. The molecule has 2 heterocycles. The Morgan fingerprint density at radius 1 is 1.55 bits per heavy atom. The van der Waals surface area contributed by atoms with E-state index in [0.29, 0.717) is 6.54 Å². The molecule has 1 fully saturated rings. The number of nitrogens with two attached hydrogens (primary N) is 1. The first-order chi connectivity index (χ1) is 9.29. The second kappa shape index (κ2) is 5.54. The maximum Gasteiger partial charge on any atom is 0.236 e. The largest absolute Gasteiger partial charge is 0.368 e. The molecule has 1 unspecified atom stereocenters. The zero-order chi connectivity index (χ0) is 14.9. The van der Waals surface area contributed by atoms with E-state index in [1.165, 1.54) is 5.56 Å². The van der Waals surface area contributed by atoms with Crippen molar-refractivity contribution < 1.29 is 4.79 Å². The molecule has 3 N–H and O–H groups in total. The van der Waals surface area contributed by atoms with Crippen molar-refractivity contribution >= 4 is 5.91 Å². The van der Waals surface area contributed by atoms with Gasteiger partial charge in [0.2, 0.25) is 5.91 Å². The third-order valence-electron chi connectivity index (χ3n) is 3.67. The van der Waals surface area contributed by atoms with Crippen LogP contribution in [0.2, 0.25) is 0 Å². The number of aryl methyl sites for hydroxylation is 1. The zero-order valence-electron chi connectivity index (χ0n) is 12.8. The summed E-state index contributed by atoms with van der Waals surface area (Å²) >= 11 is 0. The van der Waals surface area contributed by atoms with Gasteiger partial charge in [-0.3, -0.25) is 14.4 Å². The lowest BCUT2D eigenvalue weighted by atomic mass is 9.89. The van der Waals surface area contributed by atoms with E-state index in [-0.39, 0.29) is 17.4 Å². The van der Waals surface area contributed by atoms with Crippen LogP contribution in [0.25, 0.3) is 0 Å². The molecule has 0 aliphatic carbocycles. The van der Waals surface area contributed by atoms with Gasteiger partial charge in [-0.05, 0) is 0 Å². The van der Waals surface area contributed by atoms with Gasteiger partial charge >= 0.3 is 0 Å². The number of hydrogen-bond acceptors (Lipinski definition) is 4. The number of nitrogens with zero attached hydrogens (tertiary/aromatic N) is 3. The number of carbonyl (C=O) groups excluding carboxylic acids is 1. The molecule has 1 aromatic heterocycles. The number of carbonyl (C=O) groups is 1. The fraction of sp³-hybridized carbons (Fsp3) is 0.714. The van der Waals surface area contributed by atoms with Gasteiger partial charge in [0, 0.05) is 50.4 Å². The second-order valence-corrected chi connectivity index (χ2v) is 6.52. The van der Waals surface area contributed by atoms with Crippen LogP contribution in [0.3, 0.4) is 0 Å². The molecule has 112 valence electrons. The Morgan fingerprint density at radius 2 is 2.25 bits per heavy atom. The summed E-state index contributed by atoms with van der Waals surface area (Å²) in [6.45, 7) is 9.52. The van der Waals surface area contributed by atoms with E-state index in [1.54, 1.807) is 0 Å². The van der Waals surface area contributed by atoms with Crippen molar-refractivity contribution in [2.24, 2.45) is 12.8 Å². The molecule has 1 saturated heterocycles. The van der Waals surface area contributed by atoms with Crippen LogP contribution in [-0.2, 0) is 23.8 Å². The molecule has 20 heavy (non-hydrogen) atoms. The molecule has 0 bridgehead atoms. The van der Waals surface area contributed by atoms with Crippen molar-refractivity contribution in [3.8, 4) is 0 Å². The van der Waals surface area contributed by atoms with Gasteiger partial charge in [-0.1, -0.05) is 20.8 Å². The fourth-order valence-electron chi connectivity index (χ4n) is 2.72. The van der Waals surface area contributed by atoms with Crippen LogP contribution in [-0.4, -0.2) is 46.3 Å². The highest BCUT2D eigenvalue weighted by Crippen LogP contribution is 2.25. The van der Waals surface area contributed by atoms with Crippen LogP contribution >= 0.6 is 0 Å². The van der Waals surface area contributed by atoms with Crippen LogP contribution in [0.5, 0.6) is 0 Å². The van der Waals surface area contributed by atoms with E-state index < -0.39 is 0 Å². The maximum absolute atomic E-state index is 11.6. The van der Waals surface area contributed by atoms with Crippen LogP contribution in [0.1, 0.15) is 32.0 Å². The Hall–Kier alpha value is -1.40. The molecule has 2 rings (SSSR count). The average molecular weight is 279 g/mol. The Balaban J connectivity index is 2.22.